The van der Waals surface area contributed by atoms with E-state index in [9.17, 15) is 13.2 Å². The average Bonchev–Trinajstić information content (AvgIpc) is 3.43. The molecule has 1 aliphatic rings. The lowest BCUT2D eigenvalue weighted by Gasteiger charge is -2.34. The second kappa shape index (κ2) is 12.5. The number of rotatable bonds is 10. The van der Waals surface area contributed by atoms with Crippen molar-refractivity contribution < 1.29 is 22.7 Å². The van der Waals surface area contributed by atoms with Gasteiger partial charge in [-0.3, -0.25) is 14.4 Å². The van der Waals surface area contributed by atoms with Crippen LogP contribution >= 0.6 is 22.9 Å². The van der Waals surface area contributed by atoms with Crippen molar-refractivity contribution in [1.29, 1.82) is 0 Å². The van der Waals surface area contributed by atoms with E-state index in [-0.39, 0.29) is 22.1 Å². The van der Waals surface area contributed by atoms with E-state index >= 15 is 0 Å². The zero-order valence-corrected chi connectivity index (χ0v) is 25.0. The molecule has 2 heterocycles. The highest BCUT2D eigenvalue weighted by atomic mass is 35.5. The van der Waals surface area contributed by atoms with Crippen molar-refractivity contribution >= 4 is 59.9 Å². The Balaban J connectivity index is 1.15. The Morgan fingerprint density at radius 3 is 2.37 bits per heavy atom. The van der Waals surface area contributed by atoms with E-state index < -0.39 is 10.0 Å². The summed E-state index contributed by atoms with van der Waals surface area (Å²) in [5, 5.41) is 4.28. The lowest BCUT2D eigenvalue weighted by molar-refractivity contribution is 0.0948. The molecule has 0 atom stereocenters. The van der Waals surface area contributed by atoms with Gasteiger partial charge in [-0.25, -0.2) is 13.4 Å². The van der Waals surface area contributed by atoms with Gasteiger partial charge in [-0.2, -0.15) is 0 Å². The Morgan fingerprint density at radius 2 is 1.66 bits per heavy atom. The van der Waals surface area contributed by atoms with Gasteiger partial charge in [0.05, 0.1) is 30.4 Å². The molecule has 5 rings (SSSR count). The first-order valence-electron chi connectivity index (χ1n) is 12.9. The molecule has 216 valence electrons. The van der Waals surface area contributed by atoms with Gasteiger partial charge in [0.1, 0.15) is 21.7 Å². The number of para-hydroxylation sites is 1. The quantitative estimate of drug-likeness (QED) is 0.271. The third-order valence-electron chi connectivity index (χ3n) is 6.80. The topological polar surface area (TPSA) is 113 Å². The van der Waals surface area contributed by atoms with Crippen molar-refractivity contribution in [3.8, 4) is 11.5 Å². The van der Waals surface area contributed by atoms with Gasteiger partial charge in [-0.1, -0.05) is 35.1 Å². The molecule has 1 aliphatic heterocycles. The zero-order chi connectivity index (χ0) is 29.0. The molecular weight excluding hydrogens is 586 g/mol. The molecule has 0 spiro atoms. The number of methoxy groups -OCH3 is 2. The van der Waals surface area contributed by atoms with Gasteiger partial charge in [0.25, 0.3) is 15.9 Å². The molecule has 10 nitrogen and oxygen atoms in total. The number of nitrogens with one attached hydrogen (secondary N) is 2. The van der Waals surface area contributed by atoms with Crippen molar-refractivity contribution in [2.24, 2.45) is 0 Å². The van der Waals surface area contributed by atoms with Gasteiger partial charge in [-0.05, 0) is 48.5 Å². The van der Waals surface area contributed by atoms with Crippen LogP contribution in [-0.4, -0.2) is 77.7 Å². The van der Waals surface area contributed by atoms with Crippen molar-refractivity contribution in [2.45, 2.75) is 4.90 Å². The number of thiazole rings is 1. The van der Waals surface area contributed by atoms with Gasteiger partial charge in [0.15, 0.2) is 5.13 Å². The average molecular weight is 616 g/mol. The van der Waals surface area contributed by atoms with Crippen LogP contribution in [0.3, 0.4) is 0 Å². The maximum absolute atomic E-state index is 13.0. The van der Waals surface area contributed by atoms with E-state index in [1.807, 2.05) is 12.1 Å². The van der Waals surface area contributed by atoms with Crippen molar-refractivity contribution in [2.75, 3.05) is 63.1 Å². The molecule has 1 aromatic heterocycles. The van der Waals surface area contributed by atoms with E-state index in [1.165, 1.54) is 24.3 Å². The highest BCUT2D eigenvalue weighted by molar-refractivity contribution is 7.92. The molecule has 0 saturated carbocycles. The highest BCUT2D eigenvalue weighted by Crippen LogP contribution is 2.40. The predicted molar refractivity (Wildman–Crippen MR) is 162 cm³/mol. The molecular formula is C28H30ClN5O5S2. The fourth-order valence-corrected chi connectivity index (χ4v) is 6.91. The number of hydrogen-bond donors (Lipinski definition) is 2. The maximum atomic E-state index is 13.0. The van der Waals surface area contributed by atoms with E-state index in [0.29, 0.717) is 18.1 Å². The summed E-state index contributed by atoms with van der Waals surface area (Å²) in [6.45, 7) is 4.32. The van der Waals surface area contributed by atoms with Crippen LogP contribution in [0.2, 0.25) is 5.02 Å². The van der Waals surface area contributed by atoms with Crippen molar-refractivity contribution in [1.82, 2.24) is 15.2 Å². The summed E-state index contributed by atoms with van der Waals surface area (Å²) in [6.07, 6.45) is 0. The molecule has 2 N–H and O–H groups in total. The molecule has 3 aromatic carbocycles. The predicted octanol–water partition coefficient (Wildman–Crippen LogP) is 4.32. The minimum atomic E-state index is -3.89. The number of amides is 1. The Morgan fingerprint density at radius 1 is 0.976 bits per heavy atom. The summed E-state index contributed by atoms with van der Waals surface area (Å²) >= 11 is 7.47. The first-order valence-corrected chi connectivity index (χ1v) is 15.6. The number of halogens is 1. The molecule has 0 unspecified atom stereocenters. The third-order valence-corrected chi connectivity index (χ3v) is 9.56. The number of hydrogen-bond acceptors (Lipinski definition) is 9. The molecule has 1 amide bonds. The van der Waals surface area contributed by atoms with Gasteiger partial charge >= 0.3 is 0 Å². The summed E-state index contributed by atoms with van der Waals surface area (Å²) in [5.41, 5.74) is 1.25. The molecule has 0 bridgehead atoms. The second-order valence-corrected chi connectivity index (χ2v) is 12.4. The first kappa shape index (κ1) is 28.9. The molecule has 0 aliphatic carbocycles. The van der Waals surface area contributed by atoms with E-state index in [2.05, 4.69) is 19.8 Å². The molecule has 13 heteroatoms. The maximum Gasteiger partial charge on any atom is 0.261 e. The smallest absolute Gasteiger partial charge is 0.261 e. The van der Waals surface area contributed by atoms with Crippen molar-refractivity contribution in [3.63, 3.8) is 0 Å². The number of carbonyl (C=O) groups excluding carboxylic acids is 1. The summed E-state index contributed by atoms with van der Waals surface area (Å²) < 4.78 is 40.2. The van der Waals surface area contributed by atoms with Crippen LogP contribution in [0, 0.1) is 0 Å². The Kier molecular flexibility index (Phi) is 8.83. The first-order chi connectivity index (χ1) is 19.8. The lowest BCUT2D eigenvalue weighted by Crippen LogP contribution is -2.48. The number of carbonyl (C=O) groups is 1. The summed E-state index contributed by atoms with van der Waals surface area (Å²) in [4.78, 5) is 22.4. The third kappa shape index (κ3) is 6.51. The fourth-order valence-electron chi connectivity index (χ4n) is 4.58. The van der Waals surface area contributed by atoms with Crippen LogP contribution in [0.25, 0.3) is 10.2 Å². The van der Waals surface area contributed by atoms with Crippen LogP contribution in [0.15, 0.2) is 65.6 Å². The number of benzene rings is 3. The largest absolute Gasteiger partial charge is 0.495 e. The number of sulfonamides is 1. The molecule has 0 radical (unpaired) electrons. The SMILES string of the molecule is COc1ccc(OC)c2sc(N3CCN(CCNC(=O)c4ccccc4NS(=O)(=O)c4ccc(Cl)cc4)CC3)nc12. The van der Waals surface area contributed by atoms with Crippen molar-refractivity contribution in [3.05, 3.63) is 71.2 Å². The van der Waals surface area contributed by atoms with E-state index in [0.717, 1.165) is 53.0 Å². The number of ether oxygens (including phenoxy) is 2. The Labute approximate surface area is 247 Å². The van der Waals surface area contributed by atoms with E-state index in [1.54, 1.807) is 49.8 Å². The van der Waals surface area contributed by atoms with Crippen LogP contribution in [0.1, 0.15) is 10.4 Å². The van der Waals surface area contributed by atoms with Crippen LogP contribution in [-0.2, 0) is 10.0 Å². The minimum absolute atomic E-state index is 0.0559. The molecule has 1 saturated heterocycles. The van der Waals surface area contributed by atoms with E-state index in [4.69, 9.17) is 26.1 Å². The van der Waals surface area contributed by atoms with Gasteiger partial charge in [0, 0.05) is 44.3 Å². The molecule has 1 fully saturated rings. The number of piperazine rings is 1. The number of anilines is 2. The van der Waals surface area contributed by atoms with Gasteiger partial charge in [0.2, 0.25) is 0 Å². The summed E-state index contributed by atoms with van der Waals surface area (Å²) in [7, 11) is -0.604. The number of fused-ring (bicyclic) bond motifs is 1. The Hall–Kier alpha value is -3.58. The summed E-state index contributed by atoms with van der Waals surface area (Å²) in [5.74, 6) is 1.14. The standard InChI is InChI=1S/C28H30ClN5O5S2/c1-38-23-11-12-24(39-2)26-25(23)31-28(40-26)34-17-15-33(16-18-34)14-13-30-27(35)21-5-3-4-6-22(21)32-41(36,37)20-9-7-19(29)8-10-20/h3-12,32H,13-18H2,1-2H3,(H,30,35). The second-order valence-electron chi connectivity index (χ2n) is 9.33. The lowest BCUT2D eigenvalue weighted by atomic mass is 10.1. The highest BCUT2D eigenvalue weighted by Gasteiger charge is 2.23. The normalized spacial score (nSPS) is 14.2. The minimum Gasteiger partial charge on any atom is -0.495 e. The molecule has 4 aromatic rings. The number of aromatic nitrogens is 1. The van der Waals surface area contributed by atoms with Crippen LogP contribution < -0.4 is 24.4 Å². The summed E-state index contributed by atoms with van der Waals surface area (Å²) in [6, 6.07) is 16.1. The van der Waals surface area contributed by atoms with Crippen LogP contribution in [0.5, 0.6) is 11.5 Å². The van der Waals surface area contributed by atoms with Gasteiger partial charge in [-0.15, -0.1) is 0 Å². The molecule has 41 heavy (non-hydrogen) atoms. The Bertz CT molecular complexity index is 1600. The number of nitrogens with zero attached hydrogens (tertiary/aromatic N) is 3. The fraction of sp³-hybridized carbons (Fsp3) is 0.286. The van der Waals surface area contributed by atoms with Gasteiger partial charge < -0.3 is 19.7 Å². The zero-order valence-electron chi connectivity index (χ0n) is 22.6. The monoisotopic (exact) mass is 615 g/mol. The van der Waals surface area contributed by atoms with Crippen LogP contribution in [0.4, 0.5) is 10.8 Å².